The van der Waals surface area contributed by atoms with Gasteiger partial charge in [0.05, 0.1) is 14.2 Å². The average Bonchev–Trinajstić information content (AvgIpc) is 2.37. The van der Waals surface area contributed by atoms with E-state index in [0.717, 1.165) is 22.6 Å². The van der Waals surface area contributed by atoms with E-state index in [-0.39, 0.29) is 0 Å². The van der Waals surface area contributed by atoms with E-state index in [1.807, 2.05) is 43.3 Å². The van der Waals surface area contributed by atoms with Gasteiger partial charge < -0.3 is 20.5 Å². The number of benzene rings is 2. The van der Waals surface area contributed by atoms with Gasteiger partial charge >= 0.3 is 0 Å². The normalized spacial score (nSPS) is 10.1. The number of methoxy groups -OCH3 is 2. The molecule has 0 aromatic heterocycles. The van der Waals surface area contributed by atoms with Gasteiger partial charge in [-0.2, -0.15) is 0 Å². The maximum absolute atomic E-state index is 5.83. The Bertz CT molecular complexity index is 562. The molecule has 0 saturated carbocycles. The summed E-state index contributed by atoms with van der Waals surface area (Å²) in [7, 11) is 3.23. The lowest BCUT2D eigenvalue weighted by Gasteiger charge is -2.12. The average molecular weight is 258 g/mol. The molecular formula is C15H18N2O2. The summed E-state index contributed by atoms with van der Waals surface area (Å²) in [5, 5.41) is 3.30. The highest BCUT2D eigenvalue weighted by molar-refractivity contribution is 5.67. The van der Waals surface area contributed by atoms with Gasteiger partial charge in [-0.1, -0.05) is 0 Å². The Hall–Kier alpha value is -2.36. The Morgan fingerprint density at radius 3 is 2.26 bits per heavy atom. The molecule has 2 aromatic rings. The molecule has 0 unspecified atom stereocenters. The minimum atomic E-state index is 0.688. The number of hydrogen-bond donors (Lipinski definition) is 2. The van der Waals surface area contributed by atoms with Crippen LogP contribution in [0.1, 0.15) is 5.56 Å². The predicted molar refractivity (Wildman–Crippen MR) is 78.4 cm³/mol. The molecule has 0 radical (unpaired) electrons. The quantitative estimate of drug-likeness (QED) is 0.826. The highest BCUT2D eigenvalue weighted by atomic mass is 16.5. The fourth-order valence-electron chi connectivity index (χ4n) is 1.97. The minimum absolute atomic E-state index is 0.688. The molecule has 4 nitrogen and oxygen atoms in total. The molecule has 100 valence electrons. The Morgan fingerprint density at radius 1 is 0.895 bits per heavy atom. The molecule has 4 heteroatoms. The molecule has 3 N–H and O–H groups in total. The van der Waals surface area contributed by atoms with E-state index < -0.39 is 0 Å². The van der Waals surface area contributed by atoms with Crippen molar-refractivity contribution in [3.63, 3.8) is 0 Å². The maximum atomic E-state index is 5.83. The summed E-state index contributed by atoms with van der Waals surface area (Å²) < 4.78 is 10.5. The zero-order valence-corrected chi connectivity index (χ0v) is 11.4. The van der Waals surface area contributed by atoms with E-state index in [4.69, 9.17) is 15.2 Å². The SMILES string of the molecule is COc1ccc(Nc2cc(C)cc(N)c2)cc1OC. The molecule has 0 aliphatic heterocycles. The Morgan fingerprint density at radius 2 is 1.63 bits per heavy atom. The standard InChI is InChI=1S/C15H18N2O2/c1-10-6-11(16)8-13(7-10)17-12-4-5-14(18-2)15(9-12)19-3/h4-9,17H,16H2,1-3H3. The summed E-state index contributed by atoms with van der Waals surface area (Å²) >= 11 is 0. The Labute approximate surface area is 113 Å². The van der Waals surface area contributed by atoms with E-state index in [0.29, 0.717) is 11.5 Å². The van der Waals surface area contributed by atoms with Gasteiger partial charge in [0, 0.05) is 23.1 Å². The van der Waals surface area contributed by atoms with Crippen molar-refractivity contribution in [2.75, 3.05) is 25.3 Å². The second-order valence-electron chi connectivity index (χ2n) is 4.33. The zero-order valence-electron chi connectivity index (χ0n) is 11.4. The molecule has 0 atom stereocenters. The van der Waals surface area contributed by atoms with Gasteiger partial charge in [0.15, 0.2) is 11.5 Å². The van der Waals surface area contributed by atoms with Crippen molar-refractivity contribution in [2.24, 2.45) is 0 Å². The highest BCUT2D eigenvalue weighted by Crippen LogP contribution is 2.31. The number of rotatable bonds is 4. The van der Waals surface area contributed by atoms with Gasteiger partial charge in [0.1, 0.15) is 0 Å². The topological polar surface area (TPSA) is 56.5 Å². The van der Waals surface area contributed by atoms with Crippen molar-refractivity contribution in [2.45, 2.75) is 6.92 Å². The van der Waals surface area contributed by atoms with Crippen LogP contribution >= 0.6 is 0 Å². The van der Waals surface area contributed by atoms with Crippen LogP contribution in [0, 0.1) is 6.92 Å². The number of ether oxygens (including phenoxy) is 2. The summed E-state index contributed by atoms with van der Waals surface area (Å²) in [5.74, 6) is 1.39. The first-order valence-corrected chi connectivity index (χ1v) is 5.98. The summed E-state index contributed by atoms with van der Waals surface area (Å²) in [6.45, 7) is 2.01. The Kier molecular flexibility index (Phi) is 3.80. The second kappa shape index (κ2) is 5.52. The highest BCUT2D eigenvalue weighted by Gasteiger charge is 2.05. The van der Waals surface area contributed by atoms with Crippen LogP contribution in [-0.4, -0.2) is 14.2 Å². The summed E-state index contributed by atoms with van der Waals surface area (Å²) in [5.41, 5.74) is 9.55. The van der Waals surface area contributed by atoms with Gasteiger partial charge in [-0.3, -0.25) is 0 Å². The van der Waals surface area contributed by atoms with Crippen LogP contribution in [0.2, 0.25) is 0 Å². The van der Waals surface area contributed by atoms with Crippen molar-refractivity contribution in [3.05, 3.63) is 42.0 Å². The van der Waals surface area contributed by atoms with Gasteiger partial charge in [-0.05, 0) is 42.8 Å². The molecule has 0 aliphatic rings. The van der Waals surface area contributed by atoms with Crippen molar-refractivity contribution in [3.8, 4) is 11.5 Å². The number of nitrogens with one attached hydrogen (secondary N) is 1. The fourth-order valence-corrected chi connectivity index (χ4v) is 1.97. The second-order valence-corrected chi connectivity index (χ2v) is 4.33. The third kappa shape index (κ3) is 3.10. The molecular weight excluding hydrogens is 240 g/mol. The van der Waals surface area contributed by atoms with E-state index in [9.17, 15) is 0 Å². The molecule has 0 saturated heterocycles. The van der Waals surface area contributed by atoms with Crippen molar-refractivity contribution < 1.29 is 9.47 Å². The van der Waals surface area contributed by atoms with Gasteiger partial charge in [0.2, 0.25) is 0 Å². The molecule has 2 aromatic carbocycles. The van der Waals surface area contributed by atoms with E-state index >= 15 is 0 Å². The zero-order chi connectivity index (χ0) is 13.8. The lowest BCUT2D eigenvalue weighted by molar-refractivity contribution is 0.355. The number of anilines is 3. The Balaban J connectivity index is 2.28. The number of nitrogens with two attached hydrogens (primary N) is 1. The maximum Gasteiger partial charge on any atom is 0.162 e. The molecule has 0 bridgehead atoms. The monoisotopic (exact) mass is 258 g/mol. The van der Waals surface area contributed by atoms with Crippen molar-refractivity contribution in [1.82, 2.24) is 0 Å². The number of hydrogen-bond acceptors (Lipinski definition) is 4. The van der Waals surface area contributed by atoms with Crippen molar-refractivity contribution in [1.29, 1.82) is 0 Å². The van der Waals surface area contributed by atoms with Crippen LogP contribution in [0.4, 0.5) is 17.1 Å². The molecule has 0 amide bonds. The van der Waals surface area contributed by atoms with E-state index in [2.05, 4.69) is 5.32 Å². The lowest BCUT2D eigenvalue weighted by Crippen LogP contribution is -1.95. The first kappa shape index (κ1) is 13.1. The smallest absolute Gasteiger partial charge is 0.162 e. The van der Waals surface area contributed by atoms with Gasteiger partial charge in [0.25, 0.3) is 0 Å². The number of nitrogen functional groups attached to an aromatic ring is 1. The molecule has 0 fully saturated rings. The van der Waals surface area contributed by atoms with Gasteiger partial charge in [-0.25, -0.2) is 0 Å². The van der Waals surface area contributed by atoms with Crippen LogP contribution in [0.3, 0.4) is 0 Å². The van der Waals surface area contributed by atoms with Crippen molar-refractivity contribution >= 4 is 17.1 Å². The van der Waals surface area contributed by atoms with Gasteiger partial charge in [-0.15, -0.1) is 0 Å². The minimum Gasteiger partial charge on any atom is -0.493 e. The van der Waals surface area contributed by atoms with Crippen LogP contribution in [0.5, 0.6) is 11.5 Å². The summed E-state index contributed by atoms with van der Waals surface area (Å²) in [4.78, 5) is 0. The first-order chi connectivity index (χ1) is 9.12. The number of aryl methyl sites for hydroxylation is 1. The lowest BCUT2D eigenvalue weighted by atomic mass is 10.2. The predicted octanol–water partition coefficient (Wildman–Crippen LogP) is 3.34. The third-order valence-electron chi connectivity index (χ3n) is 2.77. The van der Waals surface area contributed by atoms with Crippen LogP contribution in [0.25, 0.3) is 0 Å². The summed E-state index contributed by atoms with van der Waals surface area (Å²) in [6, 6.07) is 11.5. The van der Waals surface area contributed by atoms with E-state index in [1.54, 1.807) is 14.2 Å². The third-order valence-corrected chi connectivity index (χ3v) is 2.77. The largest absolute Gasteiger partial charge is 0.493 e. The molecule has 0 heterocycles. The molecule has 0 spiro atoms. The van der Waals surface area contributed by atoms with Crippen LogP contribution in [-0.2, 0) is 0 Å². The summed E-state index contributed by atoms with van der Waals surface area (Å²) in [6.07, 6.45) is 0. The molecule has 2 rings (SSSR count). The molecule has 0 aliphatic carbocycles. The van der Waals surface area contributed by atoms with E-state index in [1.165, 1.54) is 0 Å². The van der Waals surface area contributed by atoms with Crippen LogP contribution < -0.4 is 20.5 Å². The first-order valence-electron chi connectivity index (χ1n) is 5.98. The fraction of sp³-hybridized carbons (Fsp3) is 0.200. The van der Waals surface area contributed by atoms with Crippen LogP contribution in [0.15, 0.2) is 36.4 Å². The molecule has 19 heavy (non-hydrogen) atoms.